The van der Waals surface area contributed by atoms with E-state index in [-0.39, 0.29) is 16.5 Å². The van der Waals surface area contributed by atoms with Gasteiger partial charge in [0.15, 0.2) is 0 Å². The third kappa shape index (κ3) is 4.18. The van der Waals surface area contributed by atoms with Crippen LogP contribution in [0, 0.1) is 11.6 Å². The Balaban J connectivity index is 1.41. The quantitative estimate of drug-likeness (QED) is 0.641. The van der Waals surface area contributed by atoms with E-state index >= 15 is 0 Å². The first-order valence-electron chi connectivity index (χ1n) is 9.60. The van der Waals surface area contributed by atoms with Crippen LogP contribution < -0.4 is 5.32 Å². The lowest BCUT2D eigenvalue weighted by Gasteiger charge is -2.44. The van der Waals surface area contributed by atoms with Gasteiger partial charge in [0, 0.05) is 41.5 Å². The van der Waals surface area contributed by atoms with Crippen molar-refractivity contribution in [3.63, 3.8) is 0 Å². The molecule has 1 N–H and O–H groups in total. The monoisotopic (exact) mass is 495 g/mol. The molecule has 158 valence electrons. The minimum Gasteiger partial charge on any atom is -0.324 e. The van der Waals surface area contributed by atoms with E-state index in [0.717, 1.165) is 22.4 Å². The molecule has 2 heterocycles. The zero-order valence-electron chi connectivity index (χ0n) is 16.0. The summed E-state index contributed by atoms with van der Waals surface area (Å²) in [6.07, 6.45) is 1.28. The van der Waals surface area contributed by atoms with Crippen LogP contribution in [0.15, 0.2) is 46.9 Å². The Bertz CT molecular complexity index is 965. The molecule has 2 aromatic carbocycles. The molecule has 2 aromatic rings. The Kier molecular flexibility index (Phi) is 6.02. The fourth-order valence-electron chi connectivity index (χ4n) is 3.90. The molecule has 0 saturated carbocycles. The summed E-state index contributed by atoms with van der Waals surface area (Å²) in [4.78, 5) is 28.8. The highest BCUT2D eigenvalue weighted by molar-refractivity contribution is 9.10. The maximum atomic E-state index is 13.8. The molecule has 0 radical (unpaired) electrons. The predicted octanol–water partition coefficient (Wildman–Crippen LogP) is 4.94. The number of anilines is 1. The zero-order chi connectivity index (χ0) is 21.3. The van der Waals surface area contributed by atoms with Gasteiger partial charge in [0.2, 0.25) is 0 Å². The Morgan fingerprint density at radius 1 is 1.03 bits per heavy atom. The molecule has 0 atom stereocenters. The number of likely N-dealkylation sites (tertiary alicyclic amines) is 1. The fourth-order valence-corrected chi connectivity index (χ4v) is 5.62. The summed E-state index contributed by atoms with van der Waals surface area (Å²) in [6.45, 7) is 1.57. The lowest BCUT2D eigenvalue weighted by molar-refractivity contribution is 0.0585. The van der Waals surface area contributed by atoms with Crippen molar-refractivity contribution in [1.29, 1.82) is 0 Å². The van der Waals surface area contributed by atoms with E-state index in [0.29, 0.717) is 38.0 Å². The molecule has 0 bridgehead atoms. The summed E-state index contributed by atoms with van der Waals surface area (Å²) in [7, 11) is 0. The summed E-state index contributed by atoms with van der Waals surface area (Å²) in [5.74, 6) is -0.651. The van der Waals surface area contributed by atoms with Gasteiger partial charge in [-0.15, -0.1) is 11.8 Å². The predicted molar refractivity (Wildman–Crippen MR) is 117 cm³/mol. The number of urea groups is 1. The molecular formula is C21H20BrF2N3O2S. The van der Waals surface area contributed by atoms with Crippen molar-refractivity contribution in [2.24, 2.45) is 0 Å². The number of hydrogen-bond donors (Lipinski definition) is 1. The van der Waals surface area contributed by atoms with Crippen LogP contribution in [0.4, 0.5) is 19.3 Å². The molecule has 2 aliphatic heterocycles. The highest BCUT2D eigenvalue weighted by atomic mass is 79.9. The van der Waals surface area contributed by atoms with E-state index in [9.17, 15) is 18.4 Å². The molecule has 2 aliphatic rings. The van der Waals surface area contributed by atoms with Crippen LogP contribution in [-0.2, 0) is 0 Å². The molecule has 0 unspecified atom stereocenters. The molecule has 2 fully saturated rings. The second-order valence-electron chi connectivity index (χ2n) is 7.30. The summed E-state index contributed by atoms with van der Waals surface area (Å²) in [6, 6.07) is 9.94. The van der Waals surface area contributed by atoms with Gasteiger partial charge < -0.3 is 15.1 Å². The lowest BCUT2D eigenvalue weighted by Crippen LogP contribution is -2.54. The van der Waals surface area contributed by atoms with Crippen LogP contribution in [0.3, 0.4) is 0 Å². The van der Waals surface area contributed by atoms with Crippen molar-refractivity contribution in [3.05, 3.63) is 64.1 Å². The smallest absolute Gasteiger partial charge is 0.321 e. The third-order valence-electron chi connectivity index (χ3n) is 5.52. The minimum atomic E-state index is -0.811. The van der Waals surface area contributed by atoms with Gasteiger partial charge in [-0.25, -0.2) is 13.6 Å². The number of amides is 3. The molecule has 3 amide bonds. The second-order valence-corrected chi connectivity index (χ2v) is 9.67. The maximum absolute atomic E-state index is 13.8. The van der Waals surface area contributed by atoms with E-state index in [2.05, 4.69) is 21.2 Å². The van der Waals surface area contributed by atoms with Crippen molar-refractivity contribution in [3.8, 4) is 0 Å². The number of carbonyl (C=O) groups excluding carboxylic acids is 2. The van der Waals surface area contributed by atoms with E-state index in [1.165, 1.54) is 6.07 Å². The topological polar surface area (TPSA) is 52.7 Å². The van der Waals surface area contributed by atoms with Crippen molar-refractivity contribution < 1.29 is 18.4 Å². The van der Waals surface area contributed by atoms with Crippen LogP contribution in [0.1, 0.15) is 23.2 Å². The minimum absolute atomic E-state index is 0.00113. The van der Waals surface area contributed by atoms with Gasteiger partial charge in [0.1, 0.15) is 11.6 Å². The van der Waals surface area contributed by atoms with Crippen molar-refractivity contribution >= 4 is 45.3 Å². The highest BCUT2D eigenvalue weighted by Gasteiger charge is 2.47. The summed E-state index contributed by atoms with van der Waals surface area (Å²) in [5.41, 5.74) is 0.594. The van der Waals surface area contributed by atoms with Crippen molar-refractivity contribution in [2.75, 3.05) is 30.7 Å². The van der Waals surface area contributed by atoms with Crippen LogP contribution in [0.5, 0.6) is 0 Å². The van der Waals surface area contributed by atoms with Gasteiger partial charge >= 0.3 is 6.03 Å². The first-order valence-corrected chi connectivity index (χ1v) is 11.4. The fraction of sp³-hybridized carbons (Fsp3) is 0.333. The molecule has 9 heteroatoms. The second kappa shape index (κ2) is 8.55. The number of halogens is 3. The number of carbonyl (C=O) groups is 2. The number of thioether (sulfide) groups is 1. The van der Waals surface area contributed by atoms with Gasteiger partial charge in [-0.05, 0) is 49.2 Å². The Hall–Kier alpha value is -2.13. The van der Waals surface area contributed by atoms with E-state index in [1.54, 1.807) is 16.7 Å². The summed E-state index contributed by atoms with van der Waals surface area (Å²) < 4.78 is 27.8. The standard InChI is InChI=1S/C21H20BrF2N3O2S/c22-15-3-1-14(2-4-15)19(28)27-11-12-30-21(27)7-9-26(10-8-21)20(29)25-18-6-5-16(23)13-17(18)24/h1-6,13H,7-12H2,(H,25,29). The molecule has 4 rings (SSSR count). The van der Waals surface area contributed by atoms with Gasteiger partial charge in [-0.1, -0.05) is 15.9 Å². The number of piperidine rings is 1. The Morgan fingerprint density at radius 2 is 1.73 bits per heavy atom. The Labute approximate surface area is 185 Å². The van der Waals surface area contributed by atoms with E-state index in [1.807, 2.05) is 29.2 Å². The van der Waals surface area contributed by atoms with Gasteiger partial charge in [0.05, 0.1) is 10.6 Å². The number of rotatable bonds is 2. The van der Waals surface area contributed by atoms with Crippen molar-refractivity contribution in [1.82, 2.24) is 9.80 Å². The first kappa shape index (κ1) is 21.1. The van der Waals surface area contributed by atoms with Crippen molar-refractivity contribution in [2.45, 2.75) is 17.7 Å². The van der Waals surface area contributed by atoms with Crippen LogP contribution in [0.25, 0.3) is 0 Å². The SMILES string of the molecule is O=C(Nc1ccc(F)cc1F)N1CCC2(CC1)SCCN2C(=O)c1ccc(Br)cc1. The zero-order valence-corrected chi connectivity index (χ0v) is 18.4. The number of nitrogens with one attached hydrogen (secondary N) is 1. The average molecular weight is 496 g/mol. The lowest BCUT2D eigenvalue weighted by atomic mass is 10.0. The molecule has 0 aromatic heterocycles. The van der Waals surface area contributed by atoms with E-state index < -0.39 is 17.7 Å². The number of hydrogen-bond acceptors (Lipinski definition) is 3. The molecule has 0 aliphatic carbocycles. The molecule has 2 saturated heterocycles. The normalized spacial score (nSPS) is 18.0. The van der Waals surface area contributed by atoms with Crippen LogP contribution in [-0.4, -0.2) is 52.0 Å². The van der Waals surface area contributed by atoms with Crippen LogP contribution in [0.2, 0.25) is 0 Å². The molecule has 30 heavy (non-hydrogen) atoms. The van der Waals surface area contributed by atoms with Gasteiger partial charge in [-0.3, -0.25) is 4.79 Å². The summed E-state index contributed by atoms with van der Waals surface area (Å²) in [5, 5.41) is 2.50. The Morgan fingerprint density at radius 3 is 2.40 bits per heavy atom. The molecular weight excluding hydrogens is 476 g/mol. The third-order valence-corrected chi connectivity index (χ3v) is 7.60. The first-order chi connectivity index (χ1) is 14.4. The van der Waals surface area contributed by atoms with Crippen LogP contribution >= 0.6 is 27.7 Å². The molecule has 5 nitrogen and oxygen atoms in total. The maximum Gasteiger partial charge on any atom is 0.321 e. The average Bonchev–Trinajstić information content (AvgIpc) is 3.13. The largest absolute Gasteiger partial charge is 0.324 e. The van der Waals surface area contributed by atoms with E-state index in [4.69, 9.17) is 0 Å². The summed E-state index contributed by atoms with van der Waals surface area (Å²) >= 11 is 5.14. The van der Waals surface area contributed by atoms with Gasteiger partial charge in [0.25, 0.3) is 5.91 Å². The van der Waals surface area contributed by atoms with Gasteiger partial charge in [-0.2, -0.15) is 0 Å². The number of benzene rings is 2. The highest BCUT2D eigenvalue weighted by Crippen LogP contribution is 2.44. The number of nitrogens with zero attached hydrogens (tertiary/aromatic N) is 2. The molecule has 1 spiro atoms.